The van der Waals surface area contributed by atoms with Crippen LogP contribution in [0.1, 0.15) is 19.8 Å². The molecule has 0 aliphatic heterocycles. The van der Waals surface area contributed by atoms with Gasteiger partial charge >= 0.3 is 0 Å². The summed E-state index contributed by atoms with van der Waals surface area (Å²) < 4.78 is 13.6. The maximum atomic E-state index is 13.6. The molecule has 9 nitrogen and oxygen atoms in total. The van der Waals surface area contributed by atoms with Crippen molar-refractivity contribution < 1.29 is 9.18 Å². The normalized spacial score (nSPS) is 11.4. The third-order valence-electron chi connectivity index (χ3n) is 5.71. The highest BCUT2D eigenvalue weighted by Gasteiger charge is 2.17. The van der Waals surface area contributed by atoms with E-state index in [1.165, 1.54) is 6.07 Å². The number of aromatic nitrogens is 7. The molecule has 0 bridgehead atoms. The SMILES string of the molecule is CCCC(=O)Nc1cncc(-c2cnc3n[nH]c(-c4nc5c(-c6ccc(F)s6)cncc5[nH]4)c3c2)c1. The number of fused-ring (bicyclic) bond motifs is 2. The van der Waals surface area contributed by atoms with Gasteiger partial charge in [0.2, 0.25) is 5.91 Å². The number of thiophene rings is 1. The summed E-state index contributed by atoms with van der Waals surface area (Å²) in [6, 6.07) is 6.97. The molecule has 0 aliphatic carbocycles. The van der Waals surface area contributed by atoms with Gasteiger partial charge in [0.25, 0.3) is 0 Å². The van der Waals surface area contributed by atoms with Gasteiger partial charge in [0, 0.05) is 46.6 Å². The molecule has 0 atom stereocenters. The van der Waals surface area contributed by atoms with Gasteiger partial charge in [-0.25, -0.2) is 9.97 Å². The van der Waals surface area contributed by atoms with E-state index in [2.05, 4.69) is 35.5 Å². The highest BCUT2D eigenvalue weighted by atomic mass is 32.1. The number of nitrogens with zero attached hydrogens (tertiary/aromatic N) is 5. The topological polar surface area (TPSA) is 125 Å². The summed E-state index contributed by atoms with van der Waals surface area (Å²) in [4.78, 5) is 33.9. The predicted molar refractivity (Wildman–Crippen MR) is 137 cm³/mol. The van der Waals surface area contributed by atoms with E-state index in [0.29, 0.717) is 34.8 Å². The molecule has 1 amide bonds. The molecule has 0 unspecified atom stereocenters. The molecule has 178 valence electrons. The maximum Gasteiger partial charge on any atom is 0.224 e. The van der Waals surface area contributed by atoms with E-state index in [0.717, 1.165) is 50.2 Å². The number of hydrogen-bond donors (Lipinski definition) is 3. The summed E-state index contributed by atoms with van der Waals surface area (Å²) in [7, 11) is 0. The van der Waals surface area contributed by atoms with E-state index in [-0.39, 0.29) is 11.0 Å². The summed E-state index contributed by atoms with van der Waals surface area (Å²) in [6.45, 7) is 1.96. The van der Waals surface area contributed by atoms with E-state index in [9.17, 15) is 9.18 Å². The van der Waals surface area contributed by atoms with Crippen LogP contribution >= 0.6 is 11.3 Å². The van der Waals surface area contributed by atoms with Crippen LogP contribution in [0.25, 0.3) is 55.2 Å². The molecule has 36 heavy (non-hydrogen) atoms. The Kier molecular flexibility index (Phi) is 5.45. The van der Waals surface area contributed by atoms with Crippen LogP contribution < -0.4 is 5.32 Å². The molecule has 6 rings (SSSR count). The molecule has 3 N–H and O–H groups in total. The Morgan fingerprint density at radius 1 is 1.08 bits per heavy atom. The molecule has 0 aromatic carbocycles. The number of nitrogens with one attached hydrogen (secondary N) is 3. The van der Waals surface area contributed by atoms with Crippen molar-refractivity contribution in [2.24, 2.45) is 0 Å². The second-order valence-electron chi connectivity index (χ2n) is 8.23. The monoisotopic (exact) mass is 498 g/mol. The van der Waals surface area contributed by atoms with Crippen LogP contribution in [0.5, 0.6) is 0 Å². The maximum absolute atomic E-state index is 13.6. The lowest BCUT2D eigenvalue weighted by Crippen LogP contribution is -2.10. The molecular formula is C25H19FN8OS. The summed E-state index contributed by atoms with van der Waals surface area (Å²) in [5.74, 6) is 0.516. The van der Waals surface area contributed by atoms with Crippen molar-refractivity contribution in [2.75, 3.05) is 5.32 Å². The highest BCUT2D eigenvalue weighted by Crippen LogP contribution is 2.34. The number of carbonyl (C=O) groups is 1. The first-order chi connectivity index (χ1) is 17.6. The van der Waals surface area contributed by atoms with Gasteiger partial charge in [-0.3, -0.25) is 19.9 Å². The van der Waals surface area contributed by atoms with Crippen LogP contribution in [0.2, 0.25) is 0 Å². The van der Waals surface area contributed by atoms with E-state index in [4.69, 9.17) is 4.98 Å². The summed E-state index contributed by atoms with van der Waals surface area (Å²) in [5, 5.41) is 10.7. The molecule has 0 saturated carbocycles. The third kappa shape index (κ3) is 3.99. The van der Waals surface area contributed by atoms with E-state index < -0.39 is 0 Å². The van der Waals surface area contributed by atoms with Gasteiger partial charge < -0.3 is 10.3 Å². The van der Waals surface area contributed by atoms with Gasteiger partial charge in [0.1, 0.15) is 11.2 Å². The first kappa shape index (κ1) is 22.0. The molecule has 6 aromatic heterocycles. The number of amides is 1. The smallest absolute Gasteiger partial charge is 0.224 e. The minimum Gasteiger partial charge on any atom is -0.335 e. The zero-order chi connectivity index (χ0) is 24.6. The number of hydrogen-bond acceptors (Lipinski definition) is 7. The van der Waals surface area contributed by atoms with Crippen LogP contribution in [0.4, 0.5) is 10.1 Å². The van der Waals surface area contributed by atoms with Gasteiger partial charge in [-0.1, -0.05) is 6.92 Å². The molecule has 0 radical (unpaired) electrons. The number of H-pyrrole nitrogens is 2. The largest absolute Gasteiger partial charge is 0.335 e. The Labute approximate surface area is 207 Å². The van der Waals surface area contributed by atoms with Crippen molar-refractivity contribution in [1.82, 2.24) is 35.1 Å². The standard InChI is InChI=1S/C25H19FN8OS/c1-2-3-21(35)30-15-6-13(8-27-10-15)14-7-16-23(33-34-24(16)29-9-14)25-31-18-12-28-11-17(22(18)32-25)19-4-5-20(26)36-19/h4-12H,2-3H2,1H3,(H,30,35)(H,31,32)(H,29,33,34). The van der Waals surface area contributed by atoms with Crippen LogP contribution in [-0.2, 0) is 4.79 Å². The van der Waals surface area contributed by atoms with Crippen molar-refractivity contribution >= 4 is 45.0 Å². The van der Waals surface area contributed by atoms with Gasteiger partial charge in [-0.15, -0.1) is 11.3 Å². The van der Waals surface area contributed by atoms with Crippen LogP contribution in [-0.4, -0.2) is 41.0 Å². The lowest BCUT2D eigenvalue weighted by atomic mass is 10.1. The minimum atomic E-state index is -0.264. The first-order valence-corrected chi connectivity index (χ1v) is 12.1. The zero-order valence-electron chi connectivity index (χ0n) is 19.0. The van der Waals surface area contributed by atoms with Gasteiger partial charge in [-0.05, 0) is 30.7 Å². The Morgan fingerprint density at radius 3 is 2.78 bits per heavy atom. The predicted octanol–water partition coefficient (Wildman–Crippen LogP) is 5.56. The molecule has 11 heteroatoms. The van der Waals surface area contributed by atoms with Crippen molar-refractivity contribution in [3.8, 4) is 33.1 Å². The summed E-state index contributed by atoms with van der Waals surface area (Å²) in [5.41, 5.74) is 5.61. The van der Waals surface area contributed by atoms with E-state index in [1.807, 2.05) is 19.1 Å². The molecule has 0 fully saturated rings. The Balaban J connectivity index is 1.40. The van der Waals surface area contributed by atoms with Crippen molar-refractivity contribution in [2.45, 2.75) is 19.8 Å². The second kappa shape index (κ2) is 8.93. The quantitative estimate of drug-likeness (QED) is 0.276. The lowest BCUT2D eigenvalue weighted by molar-refractivity contribution is -0.116. The average Bonchev–Trinajstić information content (AvgIpc) is 3.61. The summed E-state index contributed by atoms with van der Waals surface area (Å²) >= 11 is 1.05. The zero-order valence-corrected chi connectivity index (χ0v) is 19.9. The number of halogens is 1. The molecule has 0 spiro atoms. The molecule has 6 aromatic rings. The fourth-order valence-electron chi connectivity index (χ4n) is 4.05. The Morgan fingerprint density at radius 2 is 1.94 bits per heavy atom. The third-order valence-corrected chi connectivity index (χ3v) is 6.62. The Hall–Kier alpha value is -4.51. The van der Waals surface area contributed by atoms with E-state index in [1.54, 1.807) is 37.1 Å². The van der Waals surface area contributed by atoms with Gasteiger partial charge in [0.05, 0.1) is 29.0 Å². The number of pyridine rings is 3. The fourth-order valence-corrected chi connectivity index (χ4v) is 4.79. The second-order valence-corrected chi connectivity index (χ2v) is 9.26. The van der Waals surface area contributed by atoms with Gasteiger partial charge in [0.15, 0.2) is 16.6 Å². The summed E-state index contributed by atoms with van der Waals surface area (Å²) in [6.07, 6.45) is 9.64. The molecule has 0 saturated heterocycles. The van der Waals surface area contributed by atoms with Gasteiger partial charge in [-0.2, -0.15) is 9.49 Å². The number of imidazole rings is 1. The number of anilines is 1. The molecule has 6 heterocycles. The highest BCUT2D eigenvalue weighted by molar-refractivity contribution is 7.14. The average molecular weight is 499 g/mol. The Bertz CT molecular complexity index is 1740. The fraction of sp³-hybridized carbons (Fsp3) is 0.120. The van der Waals surface area contributed by atoms with Crippen molar-refractivity contribution in [3.05, 3.63) is 60.4 Å². The van der Waals surface area contributed by atoms with E-state index >= 15 is 0 Å². The van der Waals surface area contributed by atoms with Crippen molar-refractivity contribution in [1.29, 1.82) is 0 Å². The van der Waals surface area contributed by atoms with Crippen LogP contribution in [0.15, 0.2) is 55.2 Å². The van der Waals surface area contributed by atoms with Crippen LogP contribution in [0.3, 0.4) is 0 Å². The van der Waals surface area contributed by atoms with Crippen LogP contribution in [0, 0.1) is 5.13 Å². The first-order valence-electron chi connectivity index (χ1n) is 11.3. The van der Waals surface area contributed by atoms with Crippen molar-refractivity contribution in [3.63, 3.8) is 0 Å². The number of carbonyl (C=O) groups excluding carboxylic acids is 1. The minimum absolute atomic E-state index is 0.0498. The lowest BCUT2D eigenvalue weighted by Gasteiger charge is -2.07. The number of rotatable bonds is 6. The molecule has 0 aliphatic rings. The molecular weight excluding hydrogens is 479 g/mol. The number of aromatic amines is 2.